The van der Waals surface area contributed by atoms with Gasteiger partial charge in [0.25, 0.3) is 10.1 Å². The quantitative estimate of drug-likeness (QED) is 0.646. The molecule has 1 rings (SSSR count). The molecular weight excluding hydrogens is 259 g/mol. The van der Waals surface area contributed by atoms with Crippen molar-refractivity contribution in [2.45, 2.75) is 18.2 Å². The maximum absolute atomic E-state index is 11.5. The summed E-state index contributed by atoms with van der Waals surface area (Å²) in [5, 5.41) is 1.65. The van der Waals surface area contributed by atoms with Gasteiger partial charge in [0.05, 0.1) is 0 Å². The van der Waals surface area contributed by atoms with Crippen LogP contribution in [0.15, 0.2) is 16.3 Å². The molecule has 0 saturated carbocycles. The van der Waals surface area contributed by atoms with Crippen LogP contribution in [0, 0.1) is 0 Å². The van der Waals surface area contributed by atoms with Crippen molar-refractivity contribution in [2.75, 3.05) is 6.35 Å². The SMILES string of the molecule is CCc1sccc1S(=O)(=O)OC[PH](=O)O. The second-order valence-corrected chi connectivity index (χ2v) is 6.33. The summed E-state index contributed by atoms with van der Waals surface area (Å²) in [6, 6.07) is 1.44. The monoisotopic (exact) mass is 270 g/mol. The lowest BCUT2D eigenvalue weighted by molar-refractivity contribution is 0.355. The Morgan fingerprint density at radius 3 is 2.80 bits per heavy atom. The van der Waals surface area contributed by atoms with Crippen molar-refractivity contribution in [3.8, 4) is 0 Å². The molecule has 15 heavy (non-hydrogen) atoms. The van der Waals surface area contributed by atoms with Crippen LogP contribution in [0.2, 0.25) is 0 Å². The summed E-state index contributed by atoms with van der Waals surface area (Å²) in [6.07, 6.45) is -0.0735. The fraction of sp³-hybridized carbons (Fsp3) is 0.429. The Labute approximate surface area is 92.7 Å². The van der Waals surface area contributed by atoms with Crippen LogP contribution >= 0.6 is 19.4 Å². The van der Waals surface area contributed by atoms with E-state index in [1.165, 1.54) is 17.4 Å². The molecule has 8 heteroatoms. The highest BCUT2D eigenvalue weighted by atomic mass is 32.2. The molecule has 86 valence electrons. The molecule has 1 aromatic rings. The van der Waals surface area contributed by atoms with Gasteiger partial charge >= 0.3 is 0 Å². The van der Waals surface area contributed by atoms with Gasteiger partial charge in [-0.2, -0.15) is 8.42 Å². The molecule has 0 aliphatic carbocycles. The highest BCUT2D eigenvalue weighted by Gasteiger charge is 2.20. The lowest BCUT2D eigenvalue weighted by atomic mass is 10.4. The third kappa shape index (κ3) is 3.39. The minimum atomic E-state index is -3.88. The molecule has 0 spiro atoms. The Morgan fingerprint density at radius 2 is 2.27 bits per heavy atom. The van der Waals surface area contributed by atoms with Crippen molar-refractivity contribution < 1.29 is 22.1 Å². The lowest BCUT2D eigenvalue weighted by Gasteiger charge is -2.03. The first-order valence-corrected chi connectivity index (χ1v) is 8.00. The first-order chi connectivity index (χ1) is 6.97. The molecule has 0 aromatic carbocycles. The van der Waals surface area contributed by atoms with Gasteiger partial charge in [-0.3, -0.25) is 8.75 Å². The lowest BCUT2D eigenvalue weighted by Crippen LogP contribution is -2.06. The van der Waals surface area contributed by atoms with E-state index in [4.69, 9.17) is 4.89 Å². The summed E-state index contributed by atoms with van der Waals surface area (Å²) >= 11 is 1.32. The van der Waals surface area contributed by atoms with Crippen molar-refractivity contribution in [3.63, 3.8) is 0 Å². The molecular formula is C7H11O5PS2. The molecule has 1 heterocycles. The van der Waals surface area contributed by atoms with Gasteiger partial charge in [-0.25, -0.2) is 0 Å². The van der Waals surface area contributed by atoms with Crippen molar-refractivity contribution in [1.29, 1.82) is 0 Å². The first-order valence-electron chi connectivity index (χ1n) is 4.15. The van der Waals surface area contributed by atoms with Gasteiger partial charge in [-0.05, 0) is 17.9 Å². The number of thiophene rings is 1. The number of hydrogen-bond donors (Lipinski definition) is 1. The maximum Gasteiger partial charge on any atom is 0.298 e. The van der Waals surface area contributed by atoms with Crippen LogP contribution in [0.1, 0.15) is 11.8 Å². The maximum atomic E-state index is 11.5. The van der Waals surface area contributed by atoms with Crippen LogP contribution in [0.4, 0.5) is 0 Å². The number of rotatable bonds is 5. The van der Waals surface area contributed by atoms with Gasteiger partial charge < -0.3 is 4.89 Å². The topological polar surface area (TPSA) is 80.7 Å². The van der Waals surface area contributed by atoms with E-state index in [-0.39, 0.29) is 4.90 Å². The molecule has 1 aromatic heterocycles. The normalized spacial score (nSPS) is 14.0. The van der Waals surface area contributed by atoms with E-state index in [9.17, 15) is 13.0 Å². The summed E-state index contributed by atoms with van der Waals surface area (Å²) in [5.41, 5.74) is 0. The second kappa shape index (κ2) is 5.23. The summed E-state index contributed by atoms with van der Waals surface area (Å²) in [5.74, 6) is 0. The zero-order valence-electron chi connectivity index (χ0n) is 7.97. The standard InChI is InChI=1S/C7H11O5PS2/c1-2-6-7(3-4-14-6)15(10,11)12-5-13(8)9/h3-4,13H,2,5H2,1H3,(H,8,9). The molecule has 5 nitrogen and oxygen atoms in total. The van der Waals surface area contributed by atoms with E-state index in [1.54, 1.807) is 5.38 Å². The Hall–Kier alpha value is -0.200. The molecule has 0 aliphatic rings. The van der Waals surface area contributed by atoms with Gasteiger partial charge in [0, 0.05) is 4.88 Å². The Morgan fingerprint density at radius 1 is 1.60 bits per heavy atom. The van der Waals surface area contributed by atoms with Crippen molar-refractivity contribution in [1.82, 2.24) is 0 Å². The zero-order valence-corrected chi connectivity index (χ0v) is 10.6. The largest absolute Gasteiger partial charge is 0.345 e. The zero-order chi connectivity index (χ0) is 11.5. The summed E-state index contributed by atoms with van der Waals surface area (Å²) < 4.78 is 37.9. The predicted molar refractivity (Wildman–Crippen MR) is 58.1 cm³/mol. The third-order valence-electron chi connectivity index (χ3n) is 1.63. The van der Waals surface area contributed by atoms with Gasteiger partial charge in [-0.1, -0.05) is 6.92 Å². The van der Waals surface area contributed by atoms with Gasteiger partial charge in [-0.15, -0.1) is 11.3 Å². The Bertz CT molecular complexity index is 450. The van der Waals surface area contributed by atoms with Crippen molar-refractivity contribution in [2.24, 2.45) is 0 Å². The molecule has 0 aliphatic heterocycles. The average Bonchev–Trinajstić information content (AvgIpc) is 2.63. The van der Waals surface area contributed by atoms with Crippen molar-refractivity contribution in [3.05, 3.63) is 16.3 Å². The summed E-state index contributed by atoms with van der Waals surface area (Å²) in [7, 11) is -6.80. The second-order valence-electron chi connectivity index (χ2n) is 2.67. The van der Waals surface area contributed by atoms with E-state index < -0.39 is 24.5 Å². The minimum absolute atomic E-state index is 0.0956. The van der Waals surface area contributed by atoms with E-state index in [0.717, 1.165) is 0 Å². The first kappa shape index (κ1) is 12.9. The molecule has 1 atom stereocenters. The smallest absolute Gasteiger partial charge is 0.298 e. The molecule has 0 radical (unpaired) electrons. The Kier molecular flexibility index (Phi) is 4.48. The van der Waals surface area contributed by atoms with Crippen LogP contribution in [0.5, 0.6) is 0 Å². The average molecular weight is 270 g/mol. The molecule has 1 unspecified atom stereocenters. The molecule has 0 fully saturated rings. The van der Waals surface area contributed by atoms with E-state index in [2.05, 4.69) is 4.18 Å². The van der Waals surface area contributed by atoms with E-state index >= 15 is 0 Å². The van der Waals surface area contributed by atoms with Crippen molar-refractivity contribution >= 4 is 29.5 Å². The van der Waals surface area contributed by atoms with Crippen LogP contribution < -0.4 is 0 Å². The van der Waals surface area contributed by atoms with Gasteiger partial charge in [0.1, 0.15) is 11.2 Å². The van der Waals surface area contributed by atoms with E-state index in [1.807, 2.05) is 6.92 Å². The van der Waals surface area contributed by atoms with Gasteiger partial charge in [0.15, 0.2) is 0 Å². The van der Waals surface area contributed by atoms with Crippen LogP contribution in [-0.4, -0.2) is 19.7 Å². The fourth-order valence-corrected chi connectivity index (χ4v) is 4.07. The van der Waals surface area contributed by atoms with Crippen LogP contribution in [-0.2, 0) is 25.3 Å². The fourth-order valence-electron chi connectivity index (χ4n) is 1.00. The molecule has 0 amide bonds. The van der Waals surface area contributed by atoms with E-state index in [0.29, 0.717) is 11.3 Å². The number of aryl methyl sites for hydroxylation is 1. The third-order valence-corrected chi connectivity index (χ3v) is 4.78. The highest BCUT2D eigenvalue weighted by Crippen LogP contribution is 2.26. The van der Waals surface area contributed by atoms with Crippen LogP contribution in [0.25, 0.3) is 0 Å². The molecule has 0 saturated heterocycles. The number of hydrogen-bond acceptors (Lipinski definition) is 5. The summed E-state index contributed by atoms with van der Waals surface area (Å²) in [4.78, 5) is 9.28. The minimum Gasteiger partial charge on any atom is -0.345 e. The van der Waals surface area contributed by atoms with Gasteiger partial charge in [0.2, 0.25) is 8.03 Å². The van der Waals surface area contributed by atoms with Crippen LogP contribution in [0.3, 0.4) is 0 Å². The molecule has 0 bridgehead atoms. The molecule has 1 N–H and O–H groups in total. The predicted octanol–water partition coefficient (Wildman–Crippen LogP) is 1.44. The Balaban J connectivity index is 2.91. The highest BCUT2D eigenvalue weighted by molar-refractivity contribution is 7.87. The summed E-state index contributed by atoms with van der Waals surface area (Å²) in [6.45, 7) is 1.83.